The molecule has 3 rings (SSSR count). The third-order valence-corrected chi connectivity index (χ3v) is 3.91. The van der Waals surface area contributed by atoms with Crippen LogP contribution >= 0.6 is 0 Å². The van der Waals surface area contributed by atoms with Crippen molar-refractivity contribution in [1.82, 2.24) is 0 Å². The maximum Gasteiger partial charge on any atom is -0.0115 e. The van der Waals surface area contributed by atoms with Crippen molar-refractivity contribution in [3.63, 3.8) is 0 Å². The van der Waals surface area contributed by atoms with Crippen LogP contribution in [0.4, 0.5) is 0 Å². The van der Waals surface area contributed by atoms with Crippen molar-refractivity contribution in [2.45, 2.75) is 12.8 Å². The normalized spacial score (nSPS) is 13.3. The molecule has 0 unspecified atom stereocenters. The fourth-order valence-electron chi connectivity index (χ4n) is 2.88. The molecule has 0 atom stereocenters. The molecule has 0 amide bonds. The van der Waals surface area contributed by atoms with Crippen LogP contribution in [0.3, 0.4) is 0 Å². The van der Waals surface area contributed by atoms with Gasteiger partial charge in [0.05, 0.1) is 0 Å². The van der Waals surface area contributed by atoms with Gasteiger partial charge in [-0.15, -0.1) is 0 Å². The smallest absolute Gasteiger partial charge is 0.0115 e. The van der Waals surface area contributed by atoms with Crippen molar-refractivity contribution in [1.29, 1.82) is 0 Å². The van der Waals surface area contributed by atoms with Gasteiger partial charge in [-0.2, -0.15) is 0 Å². The SMILES string of the molecule is C=Cc1ccccc1C(=C)C1=c2ccccc2=CCC1. The largest absolute Gasteiger partial charge is 0.0984 e. The highest BCUT2D eigenvalue weighted by Gasteiger charge is 2.11. The molecule has 0 radical (unpaired) electrons. The second-order valence-electron chi connectivity index (χ2n) is 5.08. The number of allylic oxidation sites excluding steroid dienone is 1. The fraction of sp³-hybridized carbons (Fsp3) is 0.100. The Morgan fingerprint density at radius 1 is 1.00 bits per heavy atom. The molecule has 1 aliphatic rings. The summed E-state index contributed by atoms with van der Waals surface area (Å²) in [5, 5.41) is 2.65. The number of benzene rings is 2. The number of hydrogen-bond acceptors (Lipinski definition) is 0. The minimum absolute atomic E-state index is 1.06. The van der Waals surface area contributed by atoms with E-state index in [4.69, 9.17) is 0 Å². The lowest BCUT2D eigenvalue weighted by atomic mass is 9.88. The van der Waals surface area contributed by atoms with Crippen LogP contribution in [0.1, 0.15) is 24.0 Å². The molecule has 0 aromatic heterocycles. The molecule has 0 aliphatic heterocycles. The number of hydrogen-bond donors (Lipinski definition) is 0. The first-order valence-electron chi connectivity index (χ1n) is 7.01. The highest BCUT2D eigenvalue weighted by atomic mass is 14.2. The molecule has 0 fully saturated rings. The Kier molecular flexibility index (Phi) is 3.39. The van der Waals surface area contributed by atoms with E-state index in [0.717, 1.165) is 24.0 Å². The van der Waals surface area contributed by atoms with E-state index in [1.165, 1.54) is 21.6 Å². The van der Waals surface area contributed by atoms with Gasteiger partial charge in [0.15, 0.2) is 0 Å². The summed E-state index contributed by atoms with van der Waals surface area (Å²) in [6.07, 6.45) is 6.36. The summed E-state index contributed by atoms with van der Waals surface area (Å²) in [6.45, 7) is 8.26. The molecule has 0 nitrogen and oxygen atoms in total. The Morgan fingerprint density at radius 3 is 2.60 bits per heavy atom. The van der Waals surface area contributed by atoms with Crippen LogP contribution in [0, 0.1) is 0 Å². The molecule has 0 spiro atoms. The summed E-state index contributed by atoms with van der Waals surface area (Å²) >= 11 is 0. The van der Waals surface area contributed by atoms with Gasteiger partial charge in [0.25, 0.3) is 0 Å². The van der Waals surface area contributed by atoms with Crippen molar-refractivity contribution in [2.24, 2.45) is 0 Å². The van der Waals surface area contributed by atoms with E-state index in [2.05, 4.69) is 61.7 Å². The minimum atomic E-state index is 1.06. The van der Waals surface area contributed by atoms with Crippen molar-refractivity contribution in [2.75, 3.05) is 0 Å². The third-order valence-electron chi connectivity index (χ3n) is 3.91. The molecule has 1 aliphatic carbocycles. The van der Waals surface area contributed by atoms with Gasteiger partial charge >= 0.3 is 0 Å². The molecule has 0 saturated carbocycles. The molecule has 2 aromatic carbocycles. The highest BCUT2D eigenvalue weighted by molar-refractivity contribution is 5.99. The summed E-state index contributed by atoms with van der Waals surface area (Å²) < 4.78 is 0. The van der Waals surface area contributed by atoms with E-state index in [0.29, 0.717) is 0 Å². The summed E-state index contributed by atoms with van der Waals surface area (Å²) in [5.74, 6) is 0. The van der Waals surface area contributed by atoms with Crippen LogP contribution in [-0.4, -0.2) is 0 Å². The van der Waals surface area contributed by atoms with Crippen molar-refractivity contribution in [3.8, 4) is 0 Å². The van der Waals surface area contributed by atoms with Gasteiger partial charge in [-0.25, -0.2) is 0 Å². The van der Waals surface area contributed by atoms with Crippen LogP contribution in [0.15, 0.2) is 61.7 Å². The zero-order valence-corrected chi connectivity index (χ0v) is 11.6. The number of rotatable bonds is 3. The van der Waals surface area contributed by atoms with Crippen LogP contribution in [-0.2, 0) is 0 Å². The first-order valence-corrected chi connectivity index (χ1v) is 7.01. The van der Waals surface area contributed by atoms with Crippen molar-refractivity contribution in [3.05, 3.63) is 83.3 Å². The third kappa shape index (κ3) is 2.14. The van der Waals surface area contributed by atoms with Crippen LogP contribution in [0.2, 0.25) is 0 Å². The zero-order chi connectivity index (χ0) is 13.9. The molecule has 0 saturated heterocycles. The lowest BCUT2D eigenvalue weighted by molar-refractivity contribution is 1.09. The van der Waals surface area contributed by atoms with Crippen LogP contribution < -0.4 is 10.4 Å². The summed E-state index contributed by atoms with van der Waals surface area (Å²) in [4.78, 5) is 0. The summed E-state index contributed by atoms with van der Waals surface area (Å²) in [5.41, 5.74) is 4.82. The maximum atomic E-state index is 4.36. The first kappa shape index (κ1) is 12.7. The zero-order valence-electron chi connectivity index (χ0n) is 11.6. The average molecular weight is 258 g/mol. The molecule has 0 bridgehead atoms. The van der Waals surface area contributed by atoms with Gasteiger partial charge in [-0.1, -0.05) is 73.8 Å². The lowest BCUT2D eigenvalue weighted by Gasteiger charge is -2.16. The predicted molar refractivity (Wildman–Crippen MR) is 88.4 cm³/mol. The standard InChI is InChI=1S/C20H18/c1-3-16-9-4-6-12-18(16)15(2)19-14-8-11-17-10-5-7-13-20(17)19/h3-7,9-13H,1-2,8,14H2. The molecule has 20 heavy (non-hydrogen) atoms. The van der Waals surface area contributed by atoms with Crippen molar-refractivity contribution >= 4 is 23.3 Å². The van der Waals surface area contributed by atoms with Crippen molar-refractivity contribution < 1.29 is 0 Å². The fourth-order valence-corrected chi connectivity index (χ4v) is 2.88. The van der Waals surface area contributed by atoms with Gasteiger partial charge in [0.2, 0.25) is 0 Å². The van der Waals surface area contributed by atoms with Crippen LogP contribution in [0.25, 0.3) is 23.3 Å². The lowest BCUT2D eigenvalue weighted by Crippen LogP contribution is -2.29. The van der Waals surface area contributed by atoms with Gasteiger partial charge in [0.1, 0.15) is 0 Å². The minimum Gasteiger partial charge on any atom is -0.0984 e. The van der Waals surface area contributed by atoms with Gasteiger partial charge in [-0.3, -0.25) is 0 Å². The quantitative estimate of drug-likeness (QED) is 0.786. The molecular weight excluding hydrogens is 240 g/mol. The van der Waals surface area contributed by atoms with E-state index < -0.39 is 0 Å². The topological polar surface area (TPSA) is 0 Å². The Bertz CT molecular complexity index is 791. The van der Waals surface area contributed by atoms with E-state index >= 15 is 0 Å². The monoisotopic (exact) mass is 258 g/mol. The number of fused-ring (bicyclic) bond motifs is 1. The Hall–Kier alpha value is -2.34. The van der Waals surface area contributed by atoms with E-state index in [9.17, 15) is 0 Å². The highest BCUT2D eigenvalue weighted by Crippen LogP contribution is 2.28. The maximum absolute atomic E-state index is 4.36. The molecule has 0 N–H and O–H groups in total. The average Bonchev–Trinajstić information content (AvgIpc) is 2.53. The van der Waals surface area contributed by atoms with E-state index in [-0.39, 0.29) is 0 Å². The Morgan fingerprint density at radius 2 is 1.75 bits per heavy atom. The summed E-state index contributed by atoms with van der Waals surface area (Å²) in [7, 11) is 0. The summed E-state index contributed by atoms with van der Waals surface area (Å²) in [6, 6.07) is 16.9. The van der Waals surface area contributed by atoms with E-state index in [1.54, 1.807) is 0 Å². The van der Waals surface area contributed by atoms with Gasteiger partial charge < -0.3 is 0 Å². The van der Waals surface area contributed by atoms with Gasteiger partial charge in [0, 0.05) is 0 Å². The van der Waals surface area contributed by atoms with E-state index in [1.807, 2.05) is 12.1 Å². The molecule has 2 aromatic rings. The second kappa shape index (κ2) is 5.34. The Balaban J connectivity index is 2.22. The molecular formula is C20H18. The molecule has 98 valence electrons. The first-order chi connectivity index (χ1) is 9.81. The van der Waals surface area contributed by atoms with Gasteiger partial charge in [-0.05, 0) is 45.6 Å². The molecule has 0 heteroatoms. The van der Waals surface area contributed by atoms with Crippen LogP contribution in [0.5, 0.6) is 0 Å². The second-order valence-corrected chi connectivity index (χ2v) is 5.08. The Labute approximate surface area is 120 Å². The predicted octanol–water partition coefficient (Wildman–Crippen LogP) is 3.77. The molecule has 0 heterocycles.